The summed E-state index contributed by atoms with van der Waals surface area (Å²) in [4.78, 5) is 19.3. The molecule has 0 radical (unpaired) electrons. The summed E-state index contributed by atoms with van der Waals surface area (Å²) in [7, 11) is 0.447. The Labute approximate surface area is 210 Å². The second-order valence-corrected chi connectivity index (χ2v) is 11.4. The second-order valence-electron chi connectivity index (χ2n) is 9.39. The lowest BCUT2D eigenvalue weighted by Gasteiger charge is -2.39. The molecule has 2 amide bonds. The van der Waals surface area contributed by atoms with Gasteiger partial charge < -0.3 is 15.1 Å². The molecule has 0 spiro atoms. The van der Waals surface area contributed by atoms with Gasteiger partial charge in [0, 0.05) is 50.7 Å². The molecule has 36 heavy (non-hydrogen) atoms. The zero-order chi connectivity index (χ0) is 26.5. The van der Waals surface area contributed by atoms with Crippen LogP contribution in [-0.4, -0.2) is 81.7 Å². The summed E-state index contributed by atoms with van der Waals surface area (Å²) < 4.78 is 63.5. The molecule has 7 nitrogen and oxygen atoms in total. The van der Waals surface area contributed by atoms with E-state index in [2.05, 4.69) is 10.2 Å². The SMILES string of the molecule is CN(C)CCN(C(=O)Nc1cccc(C(F)(F)F)c1)C1CCN(Cc2ccccc2S(C)(=O)=O)CC1. The molecular weight excluding hydrogens is 493 g/mol. The van der Waals surface area contributed by atoms with Crippen molar-refractivity contribution < 1.29 is 26.4 Å². The molecule has 3 rings (SSSR count). The standard InChI is InChI=1S/C25H33F3N4O3S/c1-30(2)15-16-32(24(33)29-21-9-6-8-20(17-21)25(26,27)28)22-11-13-31(14-12-22)18-19-7-4-5-10-23(19)36(3,34)35/h4-10,17,22H,11-16,18H2,1-3H3,(H,29,33). The van der Waals surface area contributed by atoms with Crippen LogP contribution in [0.5, 0.6) is 0 Å². The highest BCUT2D eigenvalue weighted by atomic mass is 32.2. The van der Waals surface area contributed by atoms with Crippen LogP contribution in [0.3, 0.4) is 0 Å². The second kappa shape index (κ2) is 11.6. The highest BCUT2D eigenvalue weighted by Gasteiger charge is 2.32. The van der Waals surface area contributed by atoms with E-state index in [4.69, 9.17) is 0 Å². The molecule has 0 aromatic heterocycles. The van der Waals surface area contributed by atoms with E-state index in [1.165, 1.54) is 18.4 Å². The summed E-state index contributed by atoms with van der Waals surface area (Å²) in [6, 6.07) is 11.0. The number of hydrogen-bond donors (Lipinski definition) is 1. The molecule has 198 valence electrons. The van der Waals surface area contributed by atoms with Crippen LogP contribution in [0.1, 0.15) is 24.0 Å². The Morgan fingerprint density at radius 2 is 1.72 bits per heavy atom. The van der Waals surface area contributed by atoms with Gasteiger partial charge in [0.1, 0.15) is 0 Å². The lowest BCUT2D eigenvalue weighted by atomic mass is 10.0. The summed E-state index contributed by atoms with van der Waals surface area (Å²) in [6.45, 7) is 2.86. The van der Waals surface area contributed by atoms with E-state index in [0.717, 1.165) is 17.7 Å². The van der Waals surface area contributed by atoms with Crippen molar-refractivity contribution in [1.82, 2.24) is 14.7 Å². The predicted octanol–water partition coefficient (Wildman–Crippen LogP) is 4.17. The lowest BCUT2D eigenvalue weighted by Crippen LogP contribution is -2.50. The Hall–Kier alpha value is -2.63. The summed E-state index contributed by atoms with van der Waals surface area (Å²) in [6.07, 6.45) is -1.95. The molecule has 1 heterocycles. The van der Waals surface area contributed by atoms with Crippen LogP contribution in [0.4, 0.5) is 23.7 Å². The third-order valence-electron chi connectivity index (χ3n) is 6.25. The van der Waals surface area contributed by atoms with Crippen molar-refractivity contribution in [2.24, 2.45) is 0 Å². The van der Waals surface area contributed by atoms with Gasteiger partial charge >= 0.3 is 12.2 Å². The largest absolute Gasteiger partial charge is 0.416 e. The van der Waals surface area contributed by atoms with Gasteiger partial charge in [0.15, 0.2) is 9.84 Å². The number of halogens is 3. The van der Waals surface area contributed by atoms with Crippen molar-refractivity contribution >= 4 is 21.6 Å². The molecule has 1 aliphatic heterocycles. The highest BCUT2D eigenvalue weighted by Crippen LogP contribution is 2.31. The van der Waals surface area contributed by atoms with E-state index >= 15 is 0 Å². The van der Waals surface area contributed by atoms with Crippen molar-refractivity contribution in [3.63, 3.8) is 0 Å². The van der Waals surface area contributed by atoms with Gasteiger partial charge in [0.25, 0.3) is 0 Å². The predicted molar refractivity (Wildman–Crippen MR) is 134 cm³/mol. The number of likely N-dealkylation sites (tertiary alicyclic amines) is 1. The van der Waals surface area contributed by atoms with E-state index in [1.807, 2.05) is 31.1 Å². The number of carbonyl (C=O) groups is 1. The van der Waals surface area contributed by atoms with Crippen molar-refractivity contribution in [3.8, 4) is 0 Å². The van der Waals surface area contributed by atoms with Crippen LogP contribution in [0, 0.1) is 0 Å². The molecule has 2 aromatic rings. The molecular formula is C25H33F3N4O3S. The molecule has 2 aromatic carbocycles. The minimum atomic E-state index is -4.49. The lowest BCUT2D eigenvalue weighted by molar-refractivity contribution is -0.137. The Kier molecular flexibility index (Phi) is 9.02. The summed E-state index contributed by atoms with van der Waals surface area (Å²) in [5.41, 5.74) is 0.0209. The average Bonchev–Trinajstić information content (AvgIpc) is 2.79. The van der Waals surface area contributed by atoms with E-state index in [-0.39, 0.29) is 11.7 Å². The number of rotatable bonds is 8. The normalized spacial score (nSPS) is 15.8. The molecule has 1 aliphatic rings. The van der Waals surface area contributed by atoms with Crippen molar-refractivity contribution in [2.75, 3.05) is 51.8 Å². The van der Waals surface area contributed by atoms with Crippen LogP contribution in [-0.2, 0) is 22.6 Å². The van der Waals surface area contributed by atoms with E-state index in [9.17, 15) is 26.4 Å². The van der Waals surface area contributed by atoms with Crippen LogP contribution >= 0.6 is 0 Å². The Morgan fingerprint density at radius 1 is 1.06 bits per heavy atom. The maximum atomic E-state index is 13.1. The number of carbonyl (C=O) groups excluding carboxylic acids is 1. The van der Waals surface area contributed by atoms with Gasteiger partial charge in [-0.25, -0.2) is 13.2 Å². The van der Waals surface area contributed by atoms with Gasteiger partial charge in [-0.3, -0.25) is 4.90 Å². The van der Waals surface area contributed by atoms with Gasteiger partial charge in [-0.15, -0.1) is 0 Å². The number of benzene rings is 2. The molecule has 0 aliphatic carbocycles. The van der Waals surface area contributed by atoms with Gasteiger partial charge in [-0.05, 0) is 56.8 Å². The molecule has 1 fully saturated rings. The first-order valence-corrected chi connectivity index (χ1v) is 13.6. The van der Waals surface area contributed by atoms with Gasteiger partial charge in [-0.2, -0.15) is 13.2 Å². The summed E-state index contributed by atoms with van der Waals surface area (Å²) in [5, 5.41) is 2.64. The maximum absolute atomic E-state index is 13.1. The number of likely N-dealkylation sites (N-methyl/N-ethyl adjacent to an activating group) is 1. The number of piperidine rings is 1. The molecule has 0 atom stereocenters. The first kappa shape index (κ1) is 27.9. The number of hydrogen-bond acceptors (Lipinski definition) is 5. The number of alkyl halides is 3. The minimum absolute atomic E-state index is 0.0860. The smallest absolute Gasteiger partial charge is 0.320 e. The fourth-order valence-electron chi connectivity index (χ4n) is 4.35. The van der Waals surface area contributed by atoms with E-state index in [0.29, 0.717) is 50.5 Å². The third kappa shape index (κ3) is 7.68. The Balaban J connectivity index is 1.68. The quantitative estimate of drug-likeness (QED) is 0.559. The molecule has 1 saturated heterocycles. The summed E-state index contributed by atoms with van der Waals surface area (Å²) in [5.74, 6) is 0. The van der Waals surface area contributed by atoms with Crippen molar-refractivity contribution in [1.29, 1.82) is 0 Å². The number of urea groups is 1. The van der Waals surface area contributed by atoms with Gasteiger partial charge in [-0.1, -0.05) is 24.3 Å². The van der Waals surface area contributed by atoms with Crippen LogP contribution < -0.4 is 5.32 Å². The number of sulfone groups is 1. The van der Waals surface area contributed by atoms with Gasteiger partial charge in [0.2, 0.25) is 0 Å². The monoisotopic (exact) mass is 526 g/mol. The first-order chi connectivity index (χ1) is 16.8. The zero-order valence-electron chi connectivity index (χ0n) is 20.8. The fourth-order valence-corrected chi connectivity index (χ4v) is 5.29. The average molecular weight is 527 g/mol. The maximum Gasteiger partial charge on any atom is 0.416 e. The third-order valence-corrected chi connectivity index (χ3v) is 7.45. The topological polar surface area (TPSA) is 73.0 Å². The highest BCUT2D eigenvalue weighted by molar-refractivity contribution is 7.90. The number of amides is 2. The van der Waals surface area contributed by atoms with Crippen LogP contribution in [0.15, 0.2) is 53.4 Å². The van der Waals surface area contributed by atoms with Crippen LogP contribution in [0.25, 0.3) is 0 Å². The molecule has 11 heteroatoms. The van der Waals surface area contributed by atoms with E-state index in [1.54, 1.807) is 17.0 Å². The Bertz CT molecular complexity index is 1150. The molecule has 0 unspecified atom stereocenters. The number of nitrogens with zero attached hydrogens (tertiary/aromatic N) is 3. The summed E-state index contributed by atoms with van der Waals surface area (Å²) >= 11 is 0. The number of nitrogens with one attached hydrogen (secondary N) is 1. The van der Waals surface area contributed by atoms with Gasteiger partial charge in [0.05, 0.1) is 10.5 Å². The minimum Gasteiger partial charge on any atom is -0.320 e. The Morgan fingerprint density at radius 3 is 2.33 bits per heavy atom. The fraction of sp³-hybridized carbons (Fsp3) is 0.480. The molecule has 0 bridgehead atoms. The van der Waals surface area contributed by atoms with Crippen molar-refractivity contribution in [3.05, 3.63) is 59.7 Å². The first-order valence-electron chi connectivity index (χ1n) is 11.7. The zero-order valence-corrected chi connectivity index (χ0v) is 21.6. The van der Waals surface area contributed by atoms with Crippen molar-refractivity contribution in [2.45, 2.75) is 36.5 Å². The van der Waals surface area contributed by atoms with E-state index < -0.39 is 27.6 Å². The number of anilines is 1. The molecule has 1 N–H and O–H groups in total. The van der Waals surface area contributed by atoms with Crippen LogP contribution in [0.2, 0.25) is 0 Å². The molecule has 0 saturated carbocycles.